The Bertz CT molecular complexity index is 548. The summed E-state index contributed by atoms with van der Waals surface area (Å²) in [6.07, 6.45) is 0. The summed E-state index contributed by atoms with van der Waals surface area (Å²) in [5.41, 5.74) is -0.218. The largest absolute Gasteiger partial charge is 0.351 e. The van der Waals surface area contributed by atoms with Crippen LogP contribution < -0.4 is 10.0 Å². The number of halogens is 2. The third-order valence-electron chi connectivity index (χ3n) is 2.14. The highest BCUT2D eigenvalue weighted by Gasteiger charge is 2.13. The van der Waals surface area contributed by atoms with E-state index in [1.165, 1.54) is 19.2 Å². The Balaban J connectivity index is 2.64. The quantitative estimate of drug-likeness (QED) is 0.842. The van der Waals surface area contributed by atoms with Crippen molar-refractivity contribution in [3.8, 4) is 0 Å². The molecular formula is C10H12ClFN2O3S. The van der Waals surface area contributed by atoms with Gasteiger partial charge in [0, 0.05) is 11.6 Å². The van der Waals surface area contributed by atoms with Crippen LogP contribution in [0.4, 0.5) is 4.39 Å². The Kier molecular flexibility index (Phi) is 5.06. The molecule has 0 atom stereocenters. The van der Waals surface area contributed by atoms with Crippen molar-refractivity contribution in [2.75, 3.05) is 19.3 Å². The standard InChI is InChI=1S/C10H12ClFN2O3S/c1-13-18(16,17)5-4-14-10(15)8-6-7(11)2-3-9(8)12/h2-3,6,13H,4-5H2,1H3,(H,14,15). The zero-order valence-corrected chi connectivity index (χ0v) is 11.1. The molecule has 100 valence electrons. The average molecular weight is 295 g/mol. The molecule has 0 spiro atoms. The van der Waals surface area contributed by atoms with Crippen molar-refractivity contribution in [3.63, 3.8) is 0 Å². The van der Waals surface area contributed by atoms with E-state index < -0.39 is 21.7 Å². The molecule has 1 aromatic rings. The Labute approximate surface area is 109 Å². The third kappa shape index (κ3) is 4.25. The Morgan fingerprint density at radius 1 is 1.44 bits per heavy atom. The lowest BCUT2D eigenvalue weighted by Crippen LogP contribution is -2.33. The normalized spacial score (nSPS) is 11.3. The first-order valence-corrected chi connectivity index (χ1v) is 7.03. The summed E-state index contributed by atoms with van der Waals surface area (Å²) in [5, 5.41) is 2.53. The molecule has 0 aliphatic heterocycles. The molecule has 1 amide bonds. The van der Waals surface area contributed by atoms with Crippen molar-refractivity contribution in [2.45, 2.75) is 0 Å². The molecule has 0 heterocycles. The minimum atomic E-state index is -3.40. The summed E-state index contributed by atoms with van der Waals surface area (Å²) in [6.45, 7) is -0.117. The van der Waals surface area contributed by atoms with E-state index in [9.17, 15) is 17.6 Å². The number of carbonyl (C=O) groups excluding carboxylic acids is 1. The van der Waals surface area contributed by atoms with Crippen LogP contribution in [0.5, 0.6) is 0 Å². The Morgan fingerprint density at radius 2 is 2.11 bits per heavy atom. The minimum absolute atomic E-state index is 0.117. The van der Waals surface area contributed by atoms with Crippen molar-refractivity contribution in [3.05, 3.63) is 34.6 Å². The van der Waals surface area contributed by atoms with Gasteiger partial charge in [-0.05, 0) is 25.2 Å². The van der Waals surface area contributed by atoms with Crippen LogP contribution in [-0.2, 0) is 10.0 Å². The molecule has 0 unspecified atom stereocenters. The second-order valence-corrected chi connectivity index (χ2v) is 5.89. The second-order valence-electron chi connectivity index (χ2n) is 3.40. The first-order valence-electron chi connectivity index (χ1n) is 5.00. The van der Waals surface area contributed by atoms with E-state index in [1.54, 1.807) is 0 Å². The lowest BCUT2D eigenvalue weighted by atomic mass is 10.2. The average Bonchev–Trinajstić information content (AvgIpc) is 2.32. The zero-order valence-electron chi connectivity index (χ0n) is 9.54. The van der Waals surface area contributed by atoms with E-state index in [-0.39, 0.29) is 22.9 Å². The minimum Gasteiger partial charge on any atom is -0.351 e. The molecule has 1 rings (SSSR count). The molecule has 2 N–H and O–H groups in total. The molecule has 0 aliphatic carbocycles. The van der Waals surface area contributed by atoms with Gasteiger partial charge in [-0.1, -0.05) is 11.6 Å². The smallest absolute Gasteiger partial charge is 0.254 e. The van der Waals surface area contributed by atoms with Gasteiger partial charge in [0.05, 0.1) is 11.3 Å². The SMILES string of the molecule is CNS(=O)(=O)CCNC(=O)c1cc(Cl)ccc1F. The van der Waals surface area contributed by atoms with E-state index in [1.807, 2.05) is 0 Å². The van der Waals surface area contributed by atoms with Gasteiger partial charge < -0.3 is 5.32 Å². The molecule has 0 fully saturated rings. The van der Waals surface area contributed by atoms with Gasteiger partial charge in [-0.25, -0.2) is 17.5 Å². The molecule has 1 aromatic carbocycles. The summed E-state index contributed by atoms with van der Waals surface area (Å²) in [4.78, 5) is 11.6. The Morgan fingerprint density at radius 3 is 2.72 bits per heavy atom. The number of rotatable bonds is 5. The lowest BCUT2D eigenvalue weighted by Gasteiger charge is -2.06. The van der Waals surface area contributed by atoms with Gasteiger partial charge in [0.1, 0.15) is 5.82 Å². The van der Waals surface area contributed by atoms with Crippen LogP contribution in [0.15, 0.2) is 18.2 Å². The maximum absolute atomic E-state index is 13.3. The molecule has 0 aromatic heterocycles. The van der Waals surface area contributed by atoms with E-state index in [2.05, 4.69) is 10.0 Å². The van der Waals surface area contributed by atoms with Crippen molar-refractivity contribution in [1.29, 1.82) is 0 Å². The first kappa shape index (κ1) is 14.9. The zero-order chi connectivity index (χ0) is 13.8. The molecule has 0 saturated carbocycles. The highest BCUT2D eigenvalue weighted by molar-refractivity contribution is 7.89. The fraction of sp³-hybridized carbons (Fsp3) is 0.300. The van der Waals surface area contributed by atoms with Crippen LogP contribution in [0.25, 0.3) is 0 Å². The highest BCUT2D eigenvalue weighted by atomic mass is 35.5. The molecule has 18 heavy (non-hydrogen) atoms. The van der Waals surface area contributed by atoms with Crippen molar-refractivity contribution in [2.24, 2.45) is 0 Å². The monoisotopic (exact) mass is 294 g/mol. The van der Waals surface area contributed by atoms with Crippen molar-refractivity contribution < 1.29 is 17.6 Å². The molecule has 0 bridgehead atoms. The maximum Gasteiger partial charge on any atom is 0.254 e. The molecule has 0 saturated heterocycles. The molecule has 0 aliphatic rings. The lowest BCUT2D eigenvalue weighted by molar-refractivity contribution is 0.0952. The number of carbonyl (C=O) groups is 1. The van der Waals surface area contributed by atoms with E-state index in [0.717, 1.165) is 6.07 Å². The third-order valence-corrected chi connectivity index (χ3v) is 3.74. The van der Waals surface area contributed by atoms with Gasteiger partial charge in [0.2, 0.25) is 10.0 Å². The molecular weight excluding hydrogens is 283 g/mol. The van der Waals surface area contributed by atoms with E-state index in [0.29, 0.717) is 0 Å². The second kappa shape index (κ2) is 6.12. The van der Waals surface area contributed by atoms with Crippen LogP contribution in [0.2, 0.25) is 5.02 Å². The number of hydrogen-bond donors (Lipinski definition) is 2. The summed E-state index contributed by atoms with van der Waals surface area (Å²) < 4.78 is 37.6. The molecule has 0 radical (unpaired) electrons. The highest BCUT2D eigenvalue weighted by Crippen LogP contribution is 2.14. The van der Waals surface area contributed by atoms with Gasteiger partial charge in [0.15, 0.2) is 0 Å². The van der Waals surface area contributed by atoms with Gasteiger partial charge in [-0.2, -0.15) is 0 Å². The Hall–Kier alpha value is -1.18. The number of nitrogens with one attached hydrogen (secondary N) is 2. The predicted molar refractivity (Wildman–Crippen MR) is 66.6 cm³/mol. The number of amides is 1. The van der Waals surface area contributed by atoms with Gasteiger partial charge >= 0.3 is 0 Å². The van der Waals surface area contributed by atoms with Crippen molar-refractivity contribution >= 4 is 27.5 Å². The van der Waals surface area contributed by atoms with Crippen molar-refractivity contribution in [1.82, 2.24) is 10.0 Å². The van der Waals surface area contributed by atoms with Crippen LogP contribution in [0, 0.1) is 5.82 Å². The van der Waals surface area contributed by atoms with Gasteiger partial charge in [0.25, 0.3) is 5.91 Å². The fourth-order valence-electron chi connectivity index (χ4n) is 1.17. The van der Waals surface area contributed by atoms with Crippen LogP contribution in [0.1, 0.15) is 10.4 Å². The molecule has 5 nitrogen and oxygen atoms in total. The summed E-state index contributed by atoms with van der Waals surface area (Å²) in [5.74, 6) is -1.70. The number of hydrogen-bond acceptors (Lipinski definition) is 3. The number of benzene rings is 1. The summed E-state index contributed by atoms with van der Waals surface area (Å²) >= 11 is 5.64. The molecule has 8 heteroatoms. The van der Waals surface area contributed by atoms with E-state index in [4.69, 9.17) is 11.6 Å². The fourth-order valence-corrected chi connectivity index (χ4v) is 1.91. The van der Waals surface area contributed by atoms with Gasteiger partial charge in [-0.15, -0.1) is 0 Å². The first-order chi connectivity index (χ1) is 8.35. The summed E-state index contributed by atoms with van der Waals surface area (Å²) in [6, 6.07) is 3.57. The van der Waals surface area contributed by atoms with Crippen LogP contribution >= 0.6 is 11.6 Å². The predicted octanol–water partition coefficient (Wildman–Crippen LogP) is 0.758. The summed E-state index contributed by atoms with van der Waals surface area (Å²) in [7, 11) is -2.13. The van der Waals surface area contributed by atoms with Crippen LogP contribution in [0.3, 0.4) is 0 Å². The topological polar surface area (TPSA) is 75.3 Å². The van der Waals surface area contributed by atoms with E-state index >= 15 is 0 Å². The maximum atomic E-state index is 13.3. The van der Waals surface area contributed by atoms with Crippen LogP contribution in [-0.4, -0.2) is 33.7 Å². The van der Waals surface area contributed by atoms with Gasteiger partial charge in [-0.3, -0.25) is 4.79 Å². The number of sulfonamides is 1.